The van der Waals surface area contributed by atoms with Gasteiger partial charge in [0, 0.05) is 37.1 Å². The number of fused-ring (bicyclic) bond motifs is 3. The molecule has 1 saturated carbocycles. The number of anilines is 2. The van der Waals surface area contributed by atoms with E-state index in [0.717, 1.165) is 13.1 Å². The van der Waals surface area contributed by atoms with E-state index in [0.29, 0.717) is 36.5 Å². The van der Waals surface area contributed by atoms with Crippen LogP contribution in [-0.2, 0) is 4.79 Å². The zero-order valence-electron chi connectivity index (χ0n) is 14.7. The summed E-state index contributed by atoms with van der Waals surface area (Å²) in [6.45, 7) is 7.46. The van der Waals surface area contributed by atoms with Gasteiger partial charge in [0.1, 0.15) is 0 Å². The van der Waals surface area contributed by atoms with Gasteiger partial charge in [-0.3, -0.25) is 4.79 Å². The molecule has 0 radical (unpaired) electrons. The Hall–Kier alpha value is -1.55. The molecule has 2 atom stereocenters. The molecule has 5 rings (SSSR count). The Bertz CT molecular complexity index is 681. The van der Waals surface area contributed by atoms with E-state index in [1.54, 1.807) is 0 Å². The summed E-state index contributed by atoms with van der Waals surface area (Å²) in [5.74, 6) is 0.876. The van der Waals surface area contributed by atoms with E-state index in [2.05, 4.69) is 46.7 Å². The van der Waals surface area contributed by atoms with Gasteiger partial charge in [-0.1, -0.05) is 12.1 Å². The molecule has 1 aromatic carbocycles. The van der Waals surface area contributed by atoms with Crippen molar-refractivity contribution in [3.63, 3.8) is 0 Å². The Kier molecular flexibility index (Phi) is 3.21. The molecule has 0 spiro atoms. The fourth-order valence-electron chi connectivity index (χ4n) is 5.23. The Morgan fingerprint density at radius 2 is 2.00 bits per heavy atom. The second kappa shape index (κ2) is 5.22. The molecule has 4 heteroatoms. The smallest absolute Gasteiger partial charge is 0.246 e. The molecule has 1 amide bonds. The number of piperidine rings is 1. The molecule has 4 aliphatic rings. The van der Waals surface area contributed by atoms with Crippen LogP contribution in [0.1, 0.15) is 51.0 Å². The molecule has 1 saturated heterocycles. The lowest BCUT2D eigenvalue weighted by atomic mass is 9.88. The van der Waals surface area contributed by atoms with E-state index in [1.165, 1.54) is 42.6 Å². The molecule has 2 fully saturated rings. The SMILES string of the molecule is CC(C)N1CCC2C(C1)c1cccc3c1N2CC(=O)N3C1CCC1. The first-order chi connectivity index (χ1) is 11.6. The maximum atomic E-state index is 12.9. The molecule has 3 heterocycles. The van der Waals surface area contributed by atoms with E-state index in [9.17, 15) is 4.79 Å². The zero-order chi connectivity index (χ0) is 16.4. The summed E-state index contributed by atoms with van der Waals surface area (Å²) in [6.07, 6.45) is 4.78. The maximum Gasteiger partial charge on any atom is 0.246 e. The first-order valence-electron chi connectivity index (χ1n) is 9.61. The minimum atomic E-state index is 0.316. The van der Waals surface area contributed by atoms with Gasteiger partial charge in [-0.25, -0.2) is 0 Å². The predicted octanol–water partition coefficient (Wildman–Crippen LogP) is 2.97. The fraction of sp³-hybridized carbons (Fsp3) is 0.650. The third kappa shape index (κ3) is 1.92. The van der Waals surface area contributed by atoms with Crippen LogP contribution in [0.5, 0.6) is 0 Å². The number of hydrogen-bond donors (Lipinski definition) is 0. The molecule has 2 unspecified atom stereocenters. The topological polar surface area (TPSA) is 26.8 Å². The van der Waals surface area contributed by atoms with Gasteiger partial charge in [0.05, 0.1) is 17.9 Å². The van der Waals surface area contributed by atoms with Gasteiger partial charge in [-0.2, -0.15) is 0 Å². The largest absolute Gasteiger partial charge is 0.357 e. The van der Waals surface area contributed by atoms with Gasteiger partial charge in [0.2, 0.25) is 5.91 Å². The number of benzene rings is 1. The number of likely N-dealkylation sites (tertiary alicyclic amines) is 1. The van der Waals surface area contributed by atoms with E-state index in [-0.39, 0.29) is 0 Å². The highest BCUT2D eigenvalue weighted by molar-refractivity contribution is 6.05. The quantitative estimate of drug-likeness (QED) is 0.836. The highest BCUT2D eigenvalue weighted by atomic mass is 16.2. The summed E-state index contributed by atoms with van der Waals surface area (Å²) in [7, 11) is 0. The maximum absolute atomic E-state index is 12.9. The van der Waals surface area contributed by atoms with Crippen LogP contribution in [0, 0.1) is 0 Å². The predicted molar refractivity (Wildman–Crippen MR) is 96.8 cm³/mol. The number of nitrogens with zero attached hydrogens (tertiary/aromatic N) is 3. The highest BCUT2D eigenvalue weighted by Gasteiger charge is 2.48. The van der Waals surface area contributed by atoms with Gasteiger partial charge in [-0.05, 0) is 51.2 Å². The van der Waals surface area contributed by atoms with Crippen molar-refractivity contribution in [2.75, 3.05) is 29.4 Å². The molecule has 3 aliphatic heterocycles. The van der Waals surface area contributed by atoms with Crippen molar-refractivity contribution < 1.29 is 4.79 Å². The van der Waals surface area contributed by atoms with Crippen LogP contribution >= 0.6 is 0 Å². The number of para-hydroxylation sites is 1. The van der Waals surface area contributed by atoms with Crippen LogP contribution in [-0.4, -0.2) is 48.6 Å². The Morgan fingerprint density at radius 1 is 1.17 bits per heavy atom. The van der Waals surface area contributed by atoms with Crippen molar-refractivity contribution in [3.05, 3.63) is 23.8 Å². The van der Waals surface area contributed by atoms with Crippen molar-refractivity contribution >= 4 is 17.3 Å². The molecule has 128 valence electrons. The number of amides is 1. The Labute approximate surface area is 144 Å². The third-order valence-corrected chi connectivity index (χ3v) is 6.74. The molecule has 1 aromatic rings. The van der Waals surface area contributed by atoms with Gasteiger partial charge < -0.3 is 14.7 Å². The van der Waals surface area contributed by atoms with Crippen molar-refractivity contribution in [3.8, 4) is 0 Å². The van der Waals surface area contributed by atoms with Crippen LogP contribution in [0.3, 0.4) is 0 Å². The molecule has 0 bridgehead atoms. The summed E-state index contributed by atoms with van der Waals surface area (Å²) in [5, 5.41) is 0. The second-order valence-electron chi connectivity index (χ2n) is 8.24. The minimum Gasteiger partial charge on any atom is -0.357 e. The van der Waals surface area contributed by atoms with Crippen LogP contribution in [0.4, 0.5) is 11.4 Å². The van der Waals surface area contributed by atoms with E-state index in [1.807, 2.05) is 0 Å². The third-order valence-electron chi connectivity index (χ3n) is 6.74. The molecular formula is C20H27N3O. The summed E-state index contributed by atoms with van der Waals surface area (Å²) < 4.78 is 0. The fourth-order valence-corrected chi connectivity index (χ4v) is 5.23. The molecular weight excluding hydrogens is 298 g/mol. The summed E-state index contributed by atoms with van der Waals surface area (Å²) in [4.78, 5) is 20.1. The monoisotopic (exact) mass is 325 g/mol. The lowest BCUT2D eigenvalue weighted by Crippen LogP contribution is -2.55. The van der Waals surface area contributed by atoms with Crippen LogP contribution in [0.2, 0.25) is 0 Å². The van der Waals surface area contributed by atoms with Crippen molar-refractivity contribution in [2.45, 2.75) is 63.6 Å². The summed E-state index contributed by atoms with van der Waals surface area (Å²) in [6, 6.07) is 8.23. The summed E-state index contributed by atoms with van der Waals surface area (Å²) >= 11 is 0. The number of rotatable bonds is 2. The lowest BCUT2D eigenvalue weighted by Gasteiger charge is -2.45. The van der Waals surface area contributed by atoms with Gasteiger partial charge in [0.25, 0.3) is 0 Å². The summed E-state index contributed by atoms with van der Waals surface area (Å²) in [5.41, 5.74) is 4.06. The van der Waals surface area contributed by atoms with Gasteiger partial charge in [-0.15, -0.1) is 0 Å². The average molecular weight is 325 g/mol. The number of hydrogen-bond acceptors (Lipinski definition) is 3. The Morgan fingerprint density at radius 3 is 2.71 bits per heavy atom. The molecule has 0 aromatic heterocycles. The van der Waals surface area contributed by atoms with E-state index in [4.69, 9.17) is 0 Å². The van der Waals surface area contributed by atoms with Crippen molar-refractivity contribution in [1.82, 2.24) is 4.90 Å². The molecule has 0 N–H and O–H groups in total. The van der Waals surface area contributed by atoms with E-state index < -0.39 is 0 Å². The normalized spacial score (nSPS) is 29.7. The number of carbonyl (C=O) groups is 1. The molecule has 4 nitrogen and oxygen atoms in total. The first-order valence-corrected chi connectivity index (χ1v) is 9.61. The van der Waals surface area contributed by atoms with Crippen LogP contribution < -0.4 is 9.80 Å². The van der Waals surface area contributed by atoms with Crippen LogP contribution in [0.15, 0.2) is 18.2 Å². The number of carbonyl (C=O) groups excluding carboxylic acids is 1. The van der Waals surface area contributed by atoms with Gasteiger partial charge in [0.15, 0.2) is 0 Å². The zero-order valence-corrected chi connectivity index (χ0v) is 14.7. The average Bonchev–Trinajstić information content (AvgIpc) is 2.84. The first kappa shape index (κ1) is 14.8. The van der Waals surface area contributed by atoms with Crippen LogP contribution in [0.25, 0.3) is 0 Å². The molecule has 24 heavy (non-hydrogen) atoms. The second-order valence-corrected chi connectivity index (χ2v) is 8.24. The van der Waals surface area contributed by atoms with Crippen molar-refractivity contribution in [1.29, 1.82) is 0 Å². The minimum absolute atomic E-state index is 0.316. The lowest BCUT2D eigenvalue weighted by molar-refractivity contribution is -0.118. The molecule has 1 aliphatic carbocycles. The Balaban J connectivity index is 1.57. The highest BCUT2D eigenvalue weighted by Crippen LogP contribution is 2.52. The standard InChI is InChI=1S/C20H27N3O/c1-13(2)21-10-9-17-16(11-21)15-7-4-8-18-20(15)22(17)12-19(24)23(18)14-5-3-6-14/h4,7-8,13-14,16-17H,3,5-6,9-12H2,1-2H3. The van der Waals surface area contributed by atoms with Crippen molar-refractivity contribution in [2.24, 2.45) is 0 Å². The van der Waals surface area contributed by atoms with Gasteiger partial charge >= 0.3 is 0 Å². The van der Waals surface area contributed by atoms with E-state index >= 15 is 0 Å².